The molecule has 0 atom stereocenters. The highest BCUT2D eigenvalue weighted by Gasteiger charge is 2.38. The van der Waals surface area contributed by atoms with Gasteiger partial charge in [0, 0.05) is 12.0 Å². The molecule has 1 aliphatic rings. The molecule has 6 nitrogen and oxygen atoms in total. The van der Waals surface area contributed by atoms with Crippen LogP contribution in [0.15, 0.2) is 36.7 Å². The van der Waals surface area contributed by atoms with Crippen molar-refractivity contribution in [3.8, 4) is 0 Å². The minimum Gasteiger partial charge on any atom is -0.476 e. The lowest BCUT2D eigenvalue weighted by atomic mass is 9.64. The molecule has 0 aliphatic heterocycles. The summed E-state index contributed by atoms with van der Waals surface area (Å²) in [4.78, 5) is 30.4. The molecule has 3 rings (SSSR count). The van der Waals surface area contributed by atoms with Crippen LogP contribution in [0.1, 0.15) is 45.8 Å². The fourth-order valence-electron chi connectivity index (χ4n) is 2.87. The second-order valence-corrected chi connectivity index (χ2v) is 5.92. The van der Waals surface area contributed by atoms with E-state index in [1.54, 1.807) is 12.1 Å². The van der Waals surface area contributed by atoms with Crippen molar-refractivity contribution in [1.29, 1.82) is 0 Å². The van der Waals surface area contributed by atoms with Crippen molar-refractivity contribution in [1.82, 2.24) is 15.3 Å². The normalized spacial score (nSPS) is 15.4. The van der Waals surface area contributed by atoms with Gasteiger partial charge in [0.15, 0.2) is 5.69 Å². The molecule has 0 saturated heterocycles. The summed E-state index contributed by atoms with van der Waals surface area (Å²) in [5, 5.41) is 11.6. The minimum atomic E-state index is -1.20. The van der Waals surface area contributed by atoms with Crippen molar-refractivity contribution < 1.29 is 19.1 Å². The summed E-state index contributed by atoms with van der Waals surface area (Å²) in [6.07, 6.45) is 5.09. The van der Waals surface area contributed by atoms with Crippen molar-refractivity contribution in [2.24, 2.45) is 0 Å². The number of rotatable bonds is 5. The van der Waals surface area contributed by atoms with Crippen molar-refractivity contribution in [2.45, 2.75) is 24.7 Å². The van der Waals surface area contributed by atoms with Crippen LogP contribution in [0.3, 0.4) is 0 Å². The van der Waals surface area contributed by atoms with E-state index in [9.17, 15) is 14.0 Å². The van der Waals surface area contributed by atoms with Gasteiger partial charge in [0.2, 0.25) is 0 Å². The maximum atomic E-state index is 13.1. The molecule has 1 aromatic carbocycles. The first-order valence-electron chi connectivity index (χ1n) is 7.60. The number of carbonyl (C=O) groups is 2. The Hall–Kier alpha value is -2.83. The van der Waals surface area contributed by atoms with E-state index < -0.39 is 11.9 Å². The Bertz CT molecular complexity index is 756. The first-order chi connectivity index (χ1) is 11.5. The summed E-state index contributed by atoms with van der Waals surface area (Å²) in [6, 6.07) is 6.35. The van der Waals surface area contributed by atoms with Crippen LogP contribution in [0.2, 0.25) is 0 Å². The molecule has 1 aliphatic carbocycles. The molecule has 1 fully saturated rings. The van der Waals surface area contributed by atoms with Crippen LogP contribution in [-0.2, 0) is 5.41 Å². The average molecular weight is 329 g/mol. The highest BCUT2D eigenvalue weighted by Crippen LogP contribution is 2.43. The van der Waals surface area contributed by atoms with Crippen LogP contribution in [0.5, 0.6) is 0 Å². The number of aromatic carboxylic acids is 1. The Kier molecular flexibility index (Phi) is 4.24. The van der Waals surface area contributed by atoms with Crippen LogP contribution in [-0.4, -0.2) is 33.5 Å². The molecule has 0 unspecified atom stereocenters. The first-order valence-corrected chi connectivity index (χ1v) is 7.60. The smallest absolute Gasteiger partial charge is 0.356 e. The van der Waals surface area contributed by atoms with Gasteiger partial charge in [0.05, 0.1) is 12.4 Å². The minimum absolute atomic E-state index is 0.0635. The number of carbonyl (C=O) groups excluding carboxylic acids is 1. The molecule has 1 aromatic heterocycles. The molecule has 2 aromatic rings. The monoisotopic (exact) mass is 329 g/mol. The lowest BCUT2D eigenvalue weighted by Gasteiger charge is -2.42. The van der Waals surface area contributed by atoms with Crippen molar-refractivity contribution >= 4 is 11.9 Å². The van der Waals surface area contributed by atoms with Crippen molar-refractivity contribution in [3.63, 3.8) is 0 Å². The first kappa shape index (κ1) is 16.0. The molecule has 0 radical (unpaired) electrons. The number of benzene rings is 1. The number of nitrogens with zero attached hydrogens (tertiary/aromatic N) is 2. The zero-order valence-electron chi connectivity index (χ0n) is 12.8. The summed E-state index contributed by atoms with van der Waals surface area (Å²) >= 11 is 0. The maximum absolute atomic E-state index is 13.1. The lowest BCUT2D eigenvalue weighted by molar-refractivity contribution is 0.0689. The van der Waals surface area contributed by atoms with Gasteiger partial charge in [0.1, 0.15) is 11.5 Å². The van der Waals surface area contributed by atoms with Gasteiger partial charge in [-0.15, -0.1) is 0 Å². The van der Waals surface area contributed by atoms with E-state index in [0.717, 1.165) is 37.2 Å². The van der Waals surface area contributed by atoms with E-state index in [2.05, 4.69) is 15.3 Å². The third-order valence-electron chi connectivity index (χ3n) is 4.46. The number of nitrogens with one attached hydrogen (secondary N) is 1. The third kappa shape index (κ3) is 3.10. The van der Waals surface area contributed by atoms with Crippen LogP contribution < -0.4 is 5.32 Å². The highest BCUT2D eigenvalue weighted by molar-refractivity contribution is 5.92. The summed E-state index contributed by atoms with van der Waals surface area (Å²) in [5.74, 6) is -1.89. The standard InChI is InChI=1S/C17H16FN3O3/c18-12-4-2-11(3-5-12)17(6-1-7-17)10-21-15(22)13-8-20-14(9-19-13)16(23)24/h2-5,8-9H,1,6-7,10H2,(H,21,22)(H,23,24). The fourth-order valence-corrected chi connectivity index (χ4v) is 2.87. The number of aromatic nitrogens is 2. The van der Waals surface area contributed by atoms with Gasteiger partial charge in [-0.2, -0.15) is 0 Å². The molecule has 1 amide bonds. The predicted octanol–water partition coefficient (Wildman–Crippen LogP) is 2.17. The number of hydrogen-bond acceptors (Lipinski definition) is 4. The molecule has 24 heavy (non-hydrogen) atoms. The number of halogens is 1. The predicted molar refractivity (Wildman–Crippen MR) is 83.3 cm³/mol. The van der Waals surface area contributed by atoms with Crippen LogP contribution in [0.25, 0.3) is 0 Å². The second-order valence-electron chi connectivity index (χ2n) is 5.92. The lowest BCUT2D eigenvalue weighted by Crippen LogP contribution is -2.45. The summed E-state index contributed by atoms with van der Waals surface area (Å²) in [5.41, 5.74) is 0.669. The van der Waals surface area contributed by atoms with Gasteiger partial charge in [-0.05, 0) is 30.5 Å². The molecule has 7 heteroatoms. The molecule has 1 heterocycles. The fraction of sp³-hybridized carbons (Fsp3) is 0.294. The van der Waals surface area contributed by atoms with Gasteiger partial charge in [-0.3, -0.25) is 4.79 Å². The van der Waals surface area contributed by atoms with Crippen molar-refractivity contribution in [2.75, 3.05) is 6.54 Å². The Morgan fingerprint density at radius 1 is 1.12 bits per heavy atom. The van der Waals surface area contributed by atoms with Gasteiger partial charge >= 0.3 is 5.97 Å². The summed E-state index contributed by atoms with van der Waals surface area (Å²) in [7, 11) is 0. The number of carboxylic acids is 1. The molecular formula is C17H16FN3O3. The SMILES string of the molecule is O=C(O)c1cnc(C(=O)NCC2(c3ccc(F)cc3)CCC2)cn1. The molecule has 0 spiro atoms. The average Bonchev–Trinajstić information content (AvgIpc) is 2.55. The van der Waals surface area contributed by atoms with Crippen LogP contribution >= 0.6 is 0 Å². The molecule has 0 bridgehead atoms. The van der Waals surface area contributed by atoms with Crippen LogP contribution in [0, 0.1) is 5.82 Å². The number of hydrogen-bond donors (Lipinski definition) is 2. The van der Waals surface area contributed by atoms with E-state index in [1.165, 1.54) is 12.1 Å². The molecule has 124 valence electrons. The maximum Gasteiger partial charge on any atom is 0.356 e. The quantitative estimate of drug-likeness (QED) is 0.877. The van der Waals surface area contributed by atoms with E-state index in [-0.39, 0.29) is 22.6 Å². The zero-order chi connectivity index (χ0) is 17.2. The zero-order valence-corrected chi connectivity index (χ0v) is 12.8. The topological polar surface area (TPSA) is 92.2 Å². The van der Waals surface area contributed by atoms with Crippen LogP contribution in [0.4, 0.5) is 4.39 Å². The molecule has 2 N–H and O–H groups in total. The molecule has 1 saturated carbocycles. The van der Waals surface area contributed by atoms with Crippen molar-refractivity contribution in [3.05, 3.63) is 59.4 Å². The third-order valence-corrected chi connectivity index (χ3v) is 4.46. The number of amides is 1. The van der Waals surface area contributed by atoms with E-state index in [4.69, 9.17) is 5.11 Å². The van der Waals surface area contributed by atoms with E-state index >= 15 is 0 Å². The Balaban J connectivity index is 1.68. The van der Waals surface area contributed by atoms with Gasteiger partial charge in [-0.1, -0.05) is 18.6 Å². The summed E-state index contributed by atoms with van der Waals surface area (Å²) in [6.45, 7) is 0.416. The summed E-state index contributed by atoms with van der Waals surface area (Å²) < 4.78 is 13.1. The van der Waals surface area contributed by atoms with E-state index in [0.29, 0.717) is 6.54 Å². The Morgan fingerprint density at radius 3 is 2.25 bits per heavy atom. The second kappa shape index (κ2) is 6.35. The van der Waals surface area contributed by atoms with Gasteiger partial charge in [-0.25, -0.2) is 19.2 Å². The van der Waals surface area contributed by atoms with E-state index in [1.807, 2.05) is 0 Å². The molecular weight excluding hydrogens is 313 g/mol. The Labute approximate surface area is 137 Å². The highest BCUT2D eigenvalue weighted by atomic mass is 19.1. The van der Waals surface area contributed by atoms with Gasteiger partial charge < -0.3 is 10.4 Å². The van der Waals surface area contributed by atoms with Gasteiger partial charge in [0.25, 0.3) is 5.91 Å². The Morgan fingerprint density at radius 2 is 1.75 bits per heavy atom. The largest absolute Gasteiger partial charge is 0.476 e. The number of carboxylic acid groups (broad SMARTS) is 1.